The van der Waals surface area contributed by atoms with Gasteiger partial charge in [-0.15, -0.1) is 0 Å². The van der Waals surface area contributed by atoms with E-state index in [4.69, 9.17) is 0 Å². The highest BCUT2D eigenvalue weighted by Crippen LogP contribution is 2.20. The van der Waals surface area contributed by atoms with Gasteiger partial charge in [0.25, 0.3) is 0 Å². The molecule has 1 unspecified atom stereocenters. The third kappa shape index (κ3) is 7.32. The zero-order valence-corrected chi connectivity index (χ0v) is 21.0. The number of carbonyl (C=O) groups is 2. The number of benzene rings is 2. The molecule has 0 bridgehead atoms. The largest absolute Gasteiger partial charge is 0.357 e. The van der Waals surface area contributed by atoms with Crippen molar-refractivity contribution in [3.05, 3.63) is 65.2 Å². The van der Waals surface area contributed by atoms with Crippen LogP contribution in [0.25, 0.3) is 0 Å². The lowest BCUT2D eigenvalue weighted by Crippen LogP contribution is -2.47. The maximum absolute atomic E-state index is 13.1. The second-order valence-electron chi connectivity index (χ2n) is 8.20. The van der Waals surface area contributed by atoms with Crippen LogP contribution in [0, 0.1) is 6.92 Å². The van der Waals surface area contributed by atoms with Crippen LogP contribution in [0.5, 0.6) is 0 Å². The van der Waals surface area contributed by atoms with Crippen LogP contribution < -0.4 is 9.62 Å². The van der Waals surface area contributed by atoms with Gasteiger partial charge in [-0.2, -0.15) is 0 Å². The van der Waals surface area contributed by atoms with Crippen molar-refractivity contribution in [1.82, 2.24) is 10.2 Å². The maximum atomic E-state index is 13.1. The molecule has 0 aromatic heterocycles. The van der Waals surface area contributed by atoms with E-state index in [1.54, 1.807) is 31.0 Å². The molecular formula is C25H35N3O4S. The van der Waals surface area contributed by atoms with Crippen LogP contribution in [0.1, 0.15) is 43.4 Å². The Kier molecular flexibility index (Phi) is 9.46. The van der Waals surface area contributed by atoms with E-state index in [0.717, 1.165) is 23.1 Å². The number of sulfonamides is 1. The second-order valence-corrected chi connectivity index (χ2v) is 10.1. The van der Waals surface area contributed by atoms with Gasteiger partial charge in [0, 0.05) is 26.6 Å². The minimum absolute atomic E-state index is 0.131. The topological polar surface area (TPSA) is 86.8 Å². The molecule has 1 N–H and O–H groups in total. The normalized spacial score (nSPS) is 12.2. The minimum atomic E-state index is -3.50. The van der Waals surface area contributed by atoms with Gasteiger partial charge in [-0.25, -0.2) is 8.42 Å². The number of hydrogen-bond donors (Lipinski definition) is 1. The first-order valence-corrected chi connectivity index (χ1v) is 13.1. The summed E-state index contributed by atoms with van der Waals surface area (Å²) < 4.78 is 26.1. The molecule has 0 saturated heterocycles. The molecular weight excluding hydrogens is 438 g/mol. The van der Waals surface area contributed by atoms with E-state index in [9.17, 15) is 18.0 Å². The fourth-order valence-corrected chi connectivity index (χ4v) is 4.63. The van der Waals surface area contributed by atoms with Gasteiger partial charge in [0.2, 0.25) is 21.8 Å². The van der Waals surface area contributed by atoms with Gasteiger partial charge in [-0.3, -0.25) is 13.9 Å². The number of carbonyl (C=O) groups excluding carboxylic acids is 2. The highest BCUT2D eigenvalue weighted by Gasteiger charge is 2.26. The molecule has 0 aliphatic rings. The van der Waals surface area contributed by atoms with Gasteiger partial charge in [-0.05, 0) is 55.5 Å². The molecule has 8 heteroatoms. The molecule has 2 aromatic carbocycles. The molecule has 0 saturated carbocycles. The number of amides is 2. The minimum Gasteiger partial charge on any atom is -0.357 e. The Bertz CT molecular complexity index is 1050. The summed E-state index contributed by atoms with van der Waals surface area (Å²) in [6, 6.07) is 14.5. The fraction of sp³-hybridized carbons (Fsp3) is 0.440. The fourth-order valence-electron chi connectivity index (χ4n) is 3.66. The summed E-state index contributed by atoms with van der Waals surface area (Å²) >= 11 is 0. The van der Waals surface area contributed by atoms with Crippen molar-refractivity contribution in [2.24, 2.45) is 0 Å². The molecule has 0 spiro atoms. The van der Waals surface area contributed by atoms with Crippen molar-refractivity contribution in [3.8, 4) is 0 Å². The molecule has 180 valence electrons. The number of likely N-dealkylation sites (N-methyl/N-ethyl adjacent to an activating group) is 1. The van der Waals surface area contributed by atoms with Crippen LogP contribution in [0.3, 0.4) is 0 Å². The molecule has 0 fully saturated rings. The van der Waals surface area contributed by atoms with E-state index >= 15 is 0 Å². The number of aryl methyl sites for hydroxylation is 2. The van der Waals surface area contributed by atoms with Crippen molar-refractivity contribution in [3.63, 3.8) is 0 Å². The molecule has 2 rings (SSSR count). The summed E-state index contributed by atoms with van der Waals surface area (Å²) in [7, 11) is -1.95. The molecule has 2 aromatic rings. The van der Waals surface area contributed by atoms with E-state index in [0.29, 0.717) is 18.7 Å². The van der Waals surface area contributed by atoms with Crippen molar-refractivity contribution in [1.29, 1.82) is 0 Å². The maximum Gasteiger partial charge on any atom is 0.242 e. The Hall–Kier alpha value is -2.87. The van der Waals surface area contributed by atoms with Crippen LogP contribution in [0.2, 0.25) is 0 Å². The average molecular weight is 474 g/mol. The first-order valence-electron chi connectivity index (χ1n) is 11.2. The first kappa shape index (κ1) is 26.4. The number of anilines is 1. The zero-order chi connectivity index (χ0) is 24.6. The third-order valence-electron chi connectivity index (χ3n) is 5.80. The van der Waals surface area contributed by atoms with Crippen LogP contribution in [-0.4, -0.2) is 51.0 Å². The van der Waals surface area contributed by atoms with E-state index in [-0.39, 0.29) is 24.8 Å². The first-order chi connectivity index (χ1) is 15.6. The van der Waals surface area contributed by atoms with Gasteiger partial charge in [0.1, 0.15) is 6.04 Å². The molecule has 0 aliphatic heterocycles. The number of rotatable bonds is 11. The Morgan fingerprint density at radius 1 is 1.06 bits per heavy atom. The number of hydrogen-bond acceptors (Lipinski definition) is 4. The smallest absolute Gasteiger partial charge is 0.242 e. The van der Waals surface area contributed by atoms with Crippen LogP contribution >= 0.6 is 0 Å². The molecule has 1 atom stereocenters. The van der Waals surface area contributed by atoms with Gasteiger partial charge >= 0.3 is 0 Å². The Morgan fingerprint density at radius 3 is 2.24 bits per heavy atom. The summed E-state index contributed by atoms with van der Waals surface area (Å²) in [6.07, 6.45) is 2.51. The Labute approximate surface area is 197 Å². The summed E-state index contributed by atoms with van der Waals surface area (Å²) in [5.41, 5.74) is 3.71. The van der Waals surface area contributed by atoms with Crippen molar-refractivity contribution < 1.29 is 18.0 Å². The van der Waals surface area contributed by atoms with Crippen LogP contribution in [-0.2, 0) is 32.6 Å². The molecule has 0 aliphatic carbocycles. The third-order valence-corrected chi connectivity index (χ3v) is 6.99. The average Bonchev–Trinajstić information content (AvgIpc) is 2.79. The van der Waals surface area contributed by atoms with Crippen molar-refractivity contribution in [2.75, 3.05) is 24.2 Å². The lowest BCUT2D eigenvalue weighted by Gasteiger charge is -2.29. The van der Waals surface area contributed by atoms with E-state index < -0.39 is 16.1 Å². The van der Waals surface area contributed by atoms with Crippen molar-refractivity contribution >= 4 is 27.5 Å². The van der Waals surface area contributed by atoms with Crippen LogP contribution in [0.4, 0.5) is 5.69 Å². The van der Waals surface area contributed by atoms with Crippen LogP contribution in [0.15, 0.2) is 48.5 Å². The van der Waals surface area contributed by atoms with Crippen molar-refractivity contribution in [2.45, 2.75) is 52.6 Å². The lowest BCUT2D eigenvalue weighted by molar-refractivity contribution is -0.140. The highest BCUT2D eigenvalue weighted by molar-refractivity contribution is 7.92. The SMILES string of the molecule is CCc1ccc(N(CCCC(=O)N(Cc2ccccc2C)C(C)C(=O)NC)S(C)(=O)=O)cc1. The summed E-state index contributed by atoms with van der Waals surface area (Å²) in [4.78, 5) is 27.0. The van der Waals surface area contributed by atoms with Gasteiger partial charge in [0.05, 0.1) is 11.9 Å². The highest BCUT2D eigenvalue weighted by atomic mass is 32.2. The van der Waals surface area contributed by atoms with E-state index in [1.807, 2.05) is 50.2 Å². The molecule has 2 amide bonds. The summed E-state index contributed by atoms with van der Waals surface area (Å²) in [5, 5.41) is 2.61. The molecule has 7 nitrogen and oxygen atoms in total. The summed E-state index contributed by atoms with van der Waals surface area (Å²) in [5.74, 6) is -0.435. The van der Waals surface area contributed by atoms with Gasteiger partial charge in [0.15, 0.2) is 0 Å². The standard InChI is InChI=1S/C25H35N3O4S/c1-6-21-13-15-23(16-14-21)28(33(5,31)32)17-9-12-24(29)27(20(3)25(30)26-4)18-22-11-8-7-10-19(22)2/h7-8,10-11,13-16,20H,6,9,12,17-18H2,1-5H3,(H,26,30). The molecule has 0 heterocycles. The Balaban J connectivity index is 2.14. The predicted molar refractivity (Wildman–Crippen MR) is 133 cm³/mol. The molecule has 0 radical (unpaired) electrons. The molecule has 33 heavy (non-hydrogen) atoms. The zero-order valence-electron chi connectivity index (χ0n) is 20.2. The lowest BCUT2D eigenvalue weighted by atomic mass is 10.1. The Morgan fingerprint density at radius 2 is 1.70 bits per heavy atom. The monoisotopic (exact) mass is 473 g/mol. The summed E-state index contributed by atoms with van der Waals surface area (Å²) in [6.45, 7) is 6.21. The predicted octanol–water partition coefficient (Wildman–Crippen LogP) is 3.27. The van der Waals surface area contributed by atoms with Gasteiger partial charge in [-0.1, -0.05) is 43.3 Å². The van der Waals surface area contributed by atoms with E-state index in [2.05, 4.69) is 5.32 Å². The quantitative estimate of drug-likeness (QED) is 0.543. The van der Waals surface area contributed by atoms with E-state index in [1.165, 1.54) is 10.6 Å². The second kappa shape index (κ2) is 11.8. The van der Waals surface area contributed by atoms with Gasteiger partial charge < -0.3 is 10.2 Å². The number of nitrogens with zero attached hydrogens (tertiary/aromatic N) is 2. The number of nitrogens with one attached hydrogen (secondary N) is 1.